The maximum absolute atomic E-state index is 12.3. The predicted octanol–water partition coefficient (Wildman–Crippen LogP) is 4.05. The number of nitro groups is 1. The average molecular weight is 441 g/mol. The van der Waals surface area contributed by atoms with Crippen molar-refractivity contribution in [2.45, 2.75) is 5.03 Å². The van der Waals surface area contributed by atoms with E-state index in [9.17, 15) is 14.9 Å². The summed E-state index contributed by atoms with van der Waals surface area (Å²) < 4.78 is 16.0. The number of ether oxygens (including phenoxy) is 3. The minimum atomic E-state index is -0.506. The first-order valence-electron chi connectivity index (χ1n) is 9.01. The first-order chi connectivity index (χ1) is 15.0. The highest BCUT2D eigenvalue weighted by Gasteiger charge is 2.15. The lowest BCUT2D eigenvalue weighted by Gasteiger charge is -2.13. The van der Waals surface area contributed by atoms with E-state index >= 15 is 0 Å². The summed E-state index contributed by atoms with van der Waals surface area (Å²) in [6.45, 7) is 0. The molecule has 0 spiro atoms. The Labute approximate surface area is 182 Å². The minimum absolute atomic E-state index is 0.0579. The molecule has 3 aromatic rings. The largest absolute Gasteiger partial charge is 0.493 e. The van der Waals surface area contributed by atoms with Crippen LogP contribution in [0, 0.1) is 10.1 Å². The molecule has 0 aliphatic carbocycles. The van der Waals surface area contributed by atoms with Crippen molar-refractivity contribution in [3.05, 3.63) is 64.2 Å². The number of hydrogen-bond donors (Lipinski definition) is 0. The van der Waals surface area contributed by atoms with E-state index in [-0.39, 0.29) is 17.2 Å². The molecule has 0 saturated heterocycles. The fourth-order valence-corrected chi connectivity index (χ4v) is 3.48. The number of rotatable bonds is 9. The number of aromatic nitrogens is 2. The van der Waals surface area contributed by atoms with Gasteiger partial charge in [0.25, 0.3) is 5.69 Å². The van der Waals surface area contributed by atoms with Gasteiger partial charge >= 0.3 is 0 Å². The summed E-state index contributed by atoms with van der Waals surface area (Å²) in [6, 6.07) is 12.6. The number of benzene rings is 2. The van der Waals surface area contributed by atoms with Crippen molar-refractivity contribution in [2.24, 2.45) is 0 Å². The second-order valence-electron chi connectivity index (χ2n) is 6.19. The van der Waals surface area contributed by atoms with Crippen molar-refractivity contribution in [3.63, 3.8) is 0 Å². The molecule has 0 aliphatic heterocycles. The van der Waals surface area contributed by atoms with Crippen LogP contribution < -0.4 is 14.2 Å². The molecule has 0 aliphatic rings. The van der Waals surface area contributed by atoms with E-state index in [0.29, 0.717) is 33.5 Å². The van der Waals surface area contributed by atoms with Crippen LogP contribution in [0.2, 0.25) is 0 Å². The number of carbonyl (C=O) groups excluding carboxylic acids is 1. The van der Waals surface area contributed by atoms with E-state index in [4.69, 9.17) is 14.2 Å². The summed E-state index contributed by atoms with van der Waals surface area (Å²) in [4.78, 5) is 22.5. The molecule has 0 fully saturated rings. The Balaban J connectivity index is 1.70. The van der Waals surface area contributed by atoms with Gasteiger partial charge in [0.05, 0.1) is 37.7 Å². The molecule has 3 rings (SSSR count). The van der Waals surface area contributed by atoms with Crippen LogP contribution in [0.1, 0.15) is 10.4 Å². The molecule has 9 nitrogen and oxygen atoms in total. The zero-order valence-corrected chi connectivity index (χ0v) is 17.8. The van der Waals surface area contributed by atoms with Crippen molar-refractivity contribution in [2.75, 3.05) is 27.1 Å². The molecule has 31 heavy (non-hydrogen) atoms. The third-order valence-corrected chi connectivity index (χ3v) is 5.27. The van der Waals surface area contributed by atoms with Gasteiger partial charge in [-0.15, -0.1) is 10.2 Å². The van der Waals surface area contributed by atoms with Crippen molar-refractivity contribution < 1.29 is 23.9 Å². The number of carbonyl (C=O) groups is 1. The van der Waals surface area contributed by atoms with E-state index in [1.807, 2.05) is 0 Å². The number of hydrogen-bond acceptors (Lipinski definition) is 9. The molecule has 160 valence electrons. The molecule has 0 bridgehead atoms. The highest BCUT2D eigenvalue weighted by atomic mass is 32.2. The molecular formula is C21H19N3O6S. The molecule has 1 aromatic heterocycles. The summed E-state index contributed by atoms with van der Waals surface area (Å²) >= 11 is 1.23. The minimum Gasteiger partial charge on any atom is -0.493 e. The molecule has 0 atom stereocenters. The first kappa shape index (κ1) is 22.0. The summed E-state index contributed by atoms with van der Waals surface area (Å²) in [5.41, 5.74) is 1.68. The summed E-state index contributed by atoms with van der Waals surface area (Å²) in [7, 11) is 4.60. The number of nitro benzene ring substituents is 1. The van der Waals surface area contributed by atoms with Gasteiger partial charge < -0.3 is 14.2 Å². The van der Waals surface area contributed by atoms with Gasteiger partial charge in [-0.2, -0.15) is 0 Å². The standard InChI is InChI=1S/C21H19N3O6S/c1-28-18-10-14(11-19(29-2)21(18)30-3)16-8-9-20(23-22-16)31-12-17(25)13-4-6-15(7-5-13)24(26)27/h4-11H,12H2,1-3H3. The fraction of sp³-hybridized carbons (Fsp3) is 0.190. The molecular weight excluding hydrogens is 422 g/mol. The number of nitrogens with zero attached hydrogens (tertiary/aromatic N) is 3. The monoisotopic (exact) mass is 441 g/mol. The van der Waals surface area contributed by atoms with Gasteiger partial charge in [0.2, 0.25) is 5.75 Å². The smallest absolute Gasteiger partial charge is 0.269 e. The lowest BCUT2D eigenvalue weighted by atomic mass is 10.1. The quantitative estimate of drug-likeness (QED) is 0.210. The van der Waals surface area contributed by atoms with Gasteiger partial charge in [-0.25, -0.2) is 0 Å². The Morgan fingerprint density at radius 2 is 1.61 bits per heavy atom. The molecule has 0 saturated carbocycles. The zero-order chi connectivity index (χ0) is 22.4. The van der Waals surface area contributed by atoms with Crippen LogP contribution in [0.3, 0.4) is 0 Å². The van der Waals surface area contributed by atoms with E-state index in [1.54, 1.807) is 24.3 Å². The highest BCUT2D eigenvalue weighted by Crippen LogP contribution is 2.40. The Kier molecular flexibility index (Phi) is 7.03. The summed E-state index contributed by atoms with van der Waals surface area (Å²) in [5.74, 6) is 1.47. The van der Waals surface area contributed by atoms with Crippen molar-refractivity contribution >= 4 is 23.2 Å². The van der Waals surface area contributed by atoms with Crippen LogP contribution in [0.15, 0.2) is 53.6 Å². The molecule has 0 radical (unpaired) electrons. The molecule has 0 amide bonds. The number of Topliss-reactive ketones (excluding diaryl/α,β-unsaturated/α-hetero) is 1. The molecule has 0 N–H and O–H groups in total. The third kappa shape index (κ3) is 5.10. The van der Waals surface area contributed by atoms with Crippen LogP contribution in [0.25, 0.3) is 11.3 Å². The molecule has 0 unspecified atom stereocenters. The molecule has 10 heteroatoms. The zero-order valence-electron chi connectivity index (χ0n) is 17.0. The molecule has 1 heterocycles. The molecule has 2 aromatic carbocycles. The second kappa shape index (κ2) is 9.90. The number of ketones is 1. The van der Waals surface area contributed by atoms with Crippen molar-refractivity contribution in [3.8, 4) is 28.5 Å². The predicted molar refractivity (Wildman–Crippen MR) is 115 cm³/mol. The third-order valence-electron chi connectivity index (χ3n) is 4.35. The normalized spacial score (nSPS) is 10.4. The average Bonchev–Trinajstić information content (AvgIpc) is 2.81. The first-order valence-corrected chi connectivity index (χ1v) is 10.00. The number of non-ortho nitro benzene ring substituents is 1. The van der Waals surface area contributed by atoms with Crippen molar-refractivity contribution in [1.82, 2.24) is 10.2 Å². The second-order valence-corrected chi connectivity index (χ2v) is 7.18. The van der Waals surface area contributed by atoms with Gasteiger partial charge in [0.15, 0.2) is 17.3 Å². The van der Waals surface area contributed by atoms with Crippen LogP contribution in [0.4, 0.5) is 5.69 Å². The number of thioether (sulfide) groups is 1. The van der Waals surface area contributed by atoms with Gasteiger partial charge in [-0.1, -0.05) is 11.8 Å². The Morgan fingerprint density at radius 3 is 2.10 bits per heavy atom. The Bertz CT molecular complexity index is 1060. The maximum Gasteiger partial charge on any atom is 0.269 e. The fourth-order valence-electron chi connectivity index (χ4n) is 2.77. The summed E-state index contributed by atoms with van der Waals surface area (Å²) in [6.07, 6.45) is 0. The van der Waals surface area contributed by atoms with Crippen LogP contribution in [0.5, 0.6) is 17.2 Å². The van der Waals surface area contributed by atoms with Gasteiger partial charge in [-0.05, 0) is 36.4 Å². The number of methoxy groups -OCH3 is 3. The van der Waals surface area contributed by atoms with E-state index in [2.05, 4.69) is 10.2 Å². The van der Waals surface area contributed by atoms with Crippen LogP contribution in [-0.2, 0) is 0 Å². The van der Waals surface area contributed by atoms with Gasteiger partial charge in [0, 0.05) is 23.3 Å². The van der Waals surface area contributed by atoms with E-state index in [1.165, 1.54) is 57.4 Å². The SMILES string of the molecule is COc1cc(-c2ccc(SCC(=O)c3ccc([N+](=O)[O-])cc3)nn2)cc(OC)c1OC. The summed E-state index contributed by atoms with van der Waals surface area (Å²) in [5, 5.41) is 19.7. The van der Waals surface area contributed by atoms with Crippen molar-refractivity contribution in [1.29, 1.82) is 0 Å². The van der Waals surface area contributed by atoms with Gasteiger partial charge in [-0.3, -0.25) is 14.9 Å². The lowest BCUT2D eigenvalue weighted by molar-refractivity contribution is -0.384. The Hall–Kier alpha value is -3.66. The van der Waals surface area contributed by atoms with Gasteiger partial charge in [0.1, 0.15) is 5.03 Å². The lowest BCUT2D eigenvalue weighted by Crippen LogP contribution is -2.03. The Morgan fingerprint density at radius 1 is 0.968 bits per heavy atom. The van der Waals surface area contributed by atoms with E-state index in [0.717, 1.165) is 5.56 Å². The van der Waals surface area contributed by atoms with Crippen LogP contribution >= 0.6 is 11.8 Å². The highest BCUT2D eigenvalue weighted by molar-refractivity contribution is 7.99. The maximum atomic E-state index is 12.3. The van der Waals surface area contributed by atoms with Crippen LogP contribution in [-0.4, -0.2) is 48.0 Å². The van der Waals surface area contributed by atoms with E-state index < -0.39 is 4.92 Å². The topological polar surface area (TPSA) is 114 Å².